The average Bonchev–Trinajstić information content (AvgIpc) is 2.53. The molecule has 128 valence electrons. The van der Waals surface area contributed by atoms with Gasteiger partial charge in [-0.05, 0) is 18.1 Å². The third-order valence-electron chi connectivity index (χ3n) is 3.20. The molecule has 1 aromatic carbocycles. The predicted molar refractivity (Wildman–Crippen MR) is 97.4 cm³/mol. The molecule has 2 N–H and O–H groups in total. The number of methoxy groups -OCH3 is 2. The van der Waals surface area contributed by atoms with Crippen LogP contribution in [0.4, 0.5) is 5.95 Å². The van der Waals surface area contributed by atoms with E-state index in [9.17, 15) is 4.79 Å². The molecular formula is C16H19BrN4O3. The van der Waals surface area contributed by atoms with E-state index in [1.165, 1.54) is 6.07 Å². The van der Waals surface area contributed by atoms with E-state index in [2.05, 4.69) is 36.4 Å². The van der Waals surface area contributed by atoms with Crippen LogP contribution >= 0.6 is 15.9 Å². The first-order valence-electron chi connectivity index (χ1n) is 7.26. The number of benzene rings is 1. The summed E-state index contributed by atoms with van der Waals surface area (Å²) in [5.41, 5.74) is 3.90. The number of aromatic nitrogens is 2. The maximum absolute atomic E-state index is 11.6. The molecule has 0 radical (unpaired) electrons. The van der Waals surface area contributed by atoms with Gasteiger partial charge in [-0.3, -0.25) is 9.78 Å². The average molecular weight is 395 g/mol. The van der Waals surface area contributed by atoms with Gasteiger partial charge in [-0.1, -0.05) is 29.8 Å². The minimum Gasteiger partial charge on any atom is -0.493 e. The van der Waals surface area contributed by atoms with E-state index in [0.717, 1.165) is 4.47 Å². The van der Waals surface area contributed by atoms with Crippen LogP contribution in [-0.4, -0.2) is 30.4 Å². The summed E-state index contributed by atoms with van der Waals surface area (Å²) in [5.74, 6) is 1.57. The van der Waals surface area contributed by atoms with Gasteiger partial charge in [0.2, 0.25) is 5.95 Å². The molecule has 24 heavy (non-hydrogen) atoms. The lowest BCUT2D eigenvalue weighted by atomic mass is 10.1. The minimum absolute atomic E-state index is 0.145. The Morgan fingerprint density at radius 2 is 2.04 bits per heavy atom. The van der Waals surface area contributed by atoms with Gasteiger partial charge < -0.3 is 9.47 Å². The maximum Gasteiger partial charge on any atom is 0.252 e. The second-order valence-corrected chi connectivity index (χ2v) is 6.19. The zero-order chi connectivity index (χ0) is 17.7. The Morgan fingerprint density at radius 3 is 2.67 bits per heavy atom. The Morgan fingerprint density at radius 1 is 1.29 bits per heavy atom. The number of H-pyrrole nitrogens is 1. The van der Waals surface area contributed by atoms with Crippen molar-refractivity contribution in [3.05, 3.63) is 44.3 Å². The molecule has 2 rings (SSSR count). The zero-order valence-electron chi connectivity index (χ0n) is 13.9. The van der Waals surface area contributed by atoms with Gasteiger partial charge in [0.25, 0.3) is 5.56 Å². The van der Waals surface area contributed by atoms with Gasteiger partial charge in [0.1, 0.15) is 0 Å². The molecule has 0 bridgehead atoms. The second kappa shape index (κ2) is 7.96. The number of hydrogen-bond donors (Lipinski definition) is 2. The molecule has 0 fully saturated rings. The van der Waals surface area contributed by atoms with E-state index < -0.39 is 0 Å². The van der Waals surface area contributed by atoms with Crippen LogP contribution in [0.25, 0.3) is 0 Å². The Hall–Kier alpha value is -2.35. The van der Waals surface area contributed by atoms with Crippen LogP contribution in [0.5, 0.6) is 11.5 Å². The van der Waals surface area contributed by atoms with Crippen LogP contribution in [0.15, 0.2) is 32.6 Å². The largest absolute Gasteiger partial charge is 0.493 e. The molecule has 1 heterocycles. The Bertz CT molecular complexity index is 802. The number of aromatic amines is 1. The molecule has 2 aromatic rings. The van der Waals surface area contributed by atoms with E-state index in [0.29, 0.717) is 22.8 Å². The fourth-order valence-corrected chi connectivity index (χ4v) is 2.50. The Labute approximate surface area is 148 Å². The normalized spacial score (nSPS) is 11.1. The highest BCUT2D eigenvalue weighted by molar-refractivity contribution is 9.10. The van der Waals surface area contributed by atoms with Crippen molar-refractivity contribution >= 4 is 28.1 Å². The fourth-order valence-electron chi connectivity index (χ4n) is 2.04. The Balaban J connectivity index is 2.27. The molecule has 0 aliphatic heterocycles. The lowest BCUT2D eigenvalue weighted by molar-refractivity contribution is 0.354. The maximum atomic E-state index is 11.6. The molecular weight excluding hydrogens is 376 g/mol. The third kappa shape index (κ3) is 4.35. The predicted octanol–water partition coefficient (Wildman–Crippen LogP) is 3.12. The number of nitrogens with one attached hydrogen (secondary N) is 2. The summed E-state index contributed by atoms with van der Waals surface area (Å²) in [5, 5.41) is 4.11. The summed E-state index contributed by atoms with van der Waals surface area (Å²) in [7, 11) is 3.12. The van der Waals surface area contributed by atoms with Gasteiger partial charge in [-0.2, -0.15) is 5.10 Å². The van der Waals surface area contributed by atoms with Crippen LogP contribution in [0, 0.1) is 0 Å². The number of hydrazone groups is 1. The van der Waals surface area contributed by atoms with E-state index in [-0.39, 0.29) is 17.4 Å². The molecule has 8 heteroatoms. The highest BCUT2D eigenvalue weighted by Gasteiger charge is 2.10. The van der Waals surface area contributed by atoms with Crippen LogP contribution < -0.4 is 20.5 Å². The Kier molecular flexibility index (Phi) is 5.97. The topological polar surface area (TPSA) is 88.6 Å². The molecule has 0 unspecified atom stereocenters. The number of nitrogens with zero attached hydrogens (tertiary/aromatic N) is 2. The van der Waals surface area contributed by atoms with Gasteiger partial charge in [0, 0.05) is 16.1 Å². The summed E-state index contributed by atoms with van der Waals surface area (Å²) in [6.45, 7) is 3.93. The van der Waals surface area contributed by atoms with Gasteiger partial charge in [-0.25, -0.2) is 10.4 Å². The van der Waals surface area contributed by atoms with Crippen LogP contribution in [-0.2, 0) is 0 Å². The molecule has 0 amide bonds. The standard InChI is InChI=1S/C16H19BrN4O3/c1-9(2)12-7-14(22)20-16(19-12)21-18-8-10-5-11(17)6-13(23-3)15(10)24-4/h5-9H,1-4H3,(H2,19,20,21,22)/b18-8-. The lowest BCUT2D eigenvalue weighted by Crippen LogP contribution is -2.12. The van der Waals surface area contributed by atoms with Crippen LogP contribution in [0.3, 0.4) is 0 Å². The van der Waals surface area contributed by atoms with Crippen molar-refractivity contribution in [2.75, 3.05) is 19.6 Å². The van der Waals surface area contributed by atoms with Crippen molar-refractivity contribution in [2.24, 2.45) is 5.10 Å². The van der Waals surface area contributed by atoms with Crippen LogP contribution in [0.2, 0.25) is 0 Å². The molecule has 0 saturated carbocycles. The van der Waals surface area contributed by atoms with Gasteiger partial charge in [-0.15, -0.1) is 0 Å². The summed E-state index contributed by atoms with van der Waals surface area (Å²) in [6.07, 6.45) is 1.56. The van der Waals surface area contributed by atoms with Crippen LogP contribution in [0.1, 0.15) is 31.0 Å². The van der Waals surface area contributed by atoms with Crippen molar-refractivity contribution in [1.82, 2.24) is 9.97 Å². The van der Waals surface area contributed by atoms with Crippen molar-refractivity contribution < 1.29 is 9.47 Å². The number of ether oxygens (including phenoxy) is 2. The molecule has 0 spiro atoms. The summed E-state index contributed by atoms with van der Waals surface area (Å²) < 4.78 is 11.5. The van der Waals surface area contributed by atoms with Gasteiger partial charge >= 0.3 is 0 Å². The van der Waals surface area contributed by atoms with Crippen molar-refractivity contribution in [3.63, 3.8) is 0 Å². The highest BCUT2D eigenvalue weighted by atomic mass is 79.9. The quantitative estimate of drug-likeness (QED) is 0.580. The zero-order valence-corrected chi connectivity index (χ0v) is 15.5. The first-order chi connectivity index (χ1) is 11.4. The van der Waals surface area contributed by atoms with Crippen molar-refractivity contribution in [2.45, 2.75) is 19.8 Å². The summed E-state index contributed by atoms with van der Waals surface area (Å²) in [6, 6.07) is 5.11. The molecule has 7 nitrogen and oxygen atoms in total. The smallest absolute Gasteiger partial charge is 0.252 e. The molecule has 0 aliphatic rings. The molecule has 0 saturated heterocycles. The van der Waals surface area contributed by atoms with E-state index in [4.69, 9.17) is 9.47 Å². The fraction of sp³-hybridized carbons (Fsp3) is 0.312. The summed E-state index contributed by atoms with van der Waals surface area (Å²) in [4.78, 5) is 18.6. The van der Waals surface area contributed by atoms with Crippen molar-refractivity contribution in [1.29, 1.82) is 0 Å². The number of anilines is 1. The van der Waals surface area contributed by atoms with Gasteiger partial charge in [0.05, 0.1) is 26.1 Å². The van der Waals surface area contributed by atoms with E-state index in [1.54, 1.807) is 26.5 Å². The molecule has 0 atom stereocenters. The first kappa shape index (κ1) is 18.0. The van der Waals surface area contributed by atoms with E-state index in [1.807, 2.05) is 19.9 Å². The molecule has 1 aromatic heterocycles. The number of halogens is 1. The number of hydrogen-bond acceptors (Lipinski definition) is 6. The monoisotopic (exact) mass is 394 g/mol. The lowest BCUT2D eigenvalue weighted by Gasteiger charge is -2.11. The van der Waals surface area contributed by atoms with Gasteiger partial charge in [0.15, 0.2) is 11.5 Å². The highest BCUT2D eigenvalue weighted by Crippen LogP contribution is 2.33. The summed E-state index contributed by atoms with van der Waals surface area (Å²) >= 11 is 3.41. The minimum atomic E-state index is -0.229. The second-order valence-electron chi connectivity index (χ2n) is 5.27. The number of rotatable bonds is 6. The SMILES string of the molecule is COc1cc(Br)cc(/C=N\Nc2nc(C(C)C)cc(=O)[nH]2)c1OC. The van der Waals surface area contributed by atoms with E-state index >= 15 is 0 Å². The molecule has 0 aliphatic carbocycles. The van der Waals surface area contributed by atoms with Crippen molar-refractivity contribution in [3.8, 4) is 11.5 Å². The first-order valence-corrected chi connectivity index (χ1v) is 8.05. The third-order valence-corrected chi connectivity index (χ3v) is 3.66.